The summed E-state index contributed by atoms with van der Waals surface area (Å²) >= 11 is 3.27. The lowest BCUT2D eigenvalue weighted by molar-refractivity contribution is 0.102. The molecule has 1 N–H and O–H groups in total. The Morgan fingerprint density at radius 2 is 2.00 bits per heavy atom. The van der Waals surface area contributed by atoms with Gasteiger partial charge in [-0.1, -0.05) is 35.6 Å². The number of nitrogens with zero attached hydrogens (tertiary/aromatic N) is 1. The van der Waals surface area contributed by atoms with Crippen molar-refractivity contribution in [1.82, 2.24) is 4.98 Å². The highest BCUT2D eigenvalue weighted by Crippen LogP contribution is 2.28. The molecule has 0 saturated carbocycles. The molecule has 0 spiro atoms. The third kappa shape index (κ3) is 3.15. The van der Waals surface area contributed by atoms with Crippen molar-refractivity contribution in [2.24, 2.45) is 0 Å². The quantitative estimate of drug-likeness (QED) is 0.753. The highest BCUT2D eigenvalue weighted by molar-refractivity contribution is 7.97. The van der Waals surface area contributed by atoms with Gasteiger partial charge in [0.05, 0.1) is 10.2 Å². The van der Waals surface area contributed by atoms with E-state index in [0.717, 1.165) is 21.5 Å². The molecule has 0 radical (unpaired) electrons. The van der Waals surface area contributed by atoms with Gasteiger partial charge < -0.3 is 0 Å². The number of rotatable bonds is 4. The number of thioether (sulfide) groups is 1. The van der Waals surface area contributed by atoms with Gasteiger partial charge in [-0.05, 0) is 42.5 Å². The molecule has 0 aliphatic carbocycles. The summed E-state index contributed by atoms with van der Waals surface area (Å²) in [4.78, 5) is 16.8. The maximum atomic E-state index is 12.3. The molecule has 1 heterocycles. The Hall–Kier alpha value is -1.85. The highest BCUT2D eigenvalue weighted by atomic mass is 32.2. The Morgan fingerprint density at radius 3 is 2.68 bits per heavy atom. The van der Waals surface area contributed by atoms with Crippen LogP contribution in [0.15, 0.2) is 42.5 Å². The van der Waals surface area contributed by atoms with E-state index in [-0.39, 0.29) is 5.91 Å². The Balaban J connectivity index is 1.79. The number of fused-ring (bicyclic) bond motifs is 1. The van der Waals surface area contributed by atoms with Gasteiger partial charge in [0.15, 0.2) is 5.13 Å². The van der Waals surface area contributed by atoms with Crippen LogP contribution >= 0.6 is 23.1 Å². The molecule has 3 rings (SSSR count). The van der Waals surface area contributed by atoms with Gasteiger partial charge in [-0.25, -0.2) is 4.98 Å². The van der Waals surface area contributed by atoms with E-state index in [1.807, 2.05) is 49.4 Å². The summed E-state index contributed by atoms with van der Waals surface area (Å²) in [5, 5.41) is 3.53. The fourth-order valence-electron chi connectivity index (χ4n) is 2.23. The molecule has 0 atom stereocenters. The molecular formula is C17H16N2OS2. The predicted octanol–water partition coefficient (Wildman–Crippen LogP) is 4.72. The fourth-order valence-corrected chi connectivity index (χ4v) is 3.69. The Kier molecular flexibility index (Phi) is 4.45. The van der Waals surface area contributed by atoms with Gasteiger partial charge in [0.25, 0.3) is 5.91 Å². The zero-order chi connectivity index (χ0) is 15.5. The minimum absolute atomic E-state index is 0.118. The van der Waals surface area contributed by atoms with E-state index in [1.54, 1.807) is 11.8 Å². The van der Waals surface area contributed by atoms with Crippen molar-refractivity contribution < 1.29 is 4.79 Å². The van der Waals surface area contributed by atoms with Crippen LogP contribution in [0.1, 0.15) is 21.5 Å². The van der Waals surface area contributed by atoms with Crippen LogP contribution in [0.4, 0.5) is 5.13 Å². The summed E-state index contributed by atoms with van der Waals surface area (Å²) in [6.07, 6.45) is 2.07. The zero-order valence-electron chi connectivity index (χ0n) is 12.4. The number of anilines is 1. The van der Waals surface area contributed by atoms with Gasteiger partial charge in [-0.3, -0.25) is 10.1 Å². The van der Waals surface area contributed by atoms with Crippen LogP contribution in [0.25, 0.3) is 10.2 Å². The fraction of sp³-hybridized carbons (Fsp3) is 0.176. The van der Waals surface area contributed by atoms with Crippen molar-refractivity contribution in [3.05, 3.63) is 59.2 Å². The third-order valence-electron chi connectivity index (χ3n) is 3.37. The number of carbonyl (C=O) groups excluding carboxylic acids is 1. The lowest BCUT2D eigenvalue weighted by Crippen LogP contribution is -2.11. The molecule has 0 saturated heterocycles. The Bertz CT molecular complexity index is 809. The van der Waals surface area contributed by atoms with Crippen LogP contribution in [0, 0.1) is 6.92 Å². The average molecular weight is 328 g/mol. The molecule has 112 valence electrons. The number of para-hydroxylation sites is 1. The maximum Gasteiger partial charge on any atom is 0.257 e. The molecule has 3 aromatic rings. The number of carbonyl (C=O) groups is 1. The molecular weight excluding hydrogens is 312 g/mol. The smallest absolute Gasteiger partial charge is 0.257 e. The molecule has 5 heteroatoms. The van der Waals surface area contributed by atoms with Crippen molar-refractivity contribution >= 4 is 44.4 Å². The van der Waals surface area contributed by atoms with Gasteiger partial charge in [0, 0.05) is 11.3 Å². The van der Waals surface area contributed by atoms with Crippen molar-refractivity contribution in [1.29, 1.82) is 0 Å². The predicted molar refractivity (Wildman–Crippen MR) is 96.0 cm³/mol. The van der Waals surface area contributed by atoms with Crippen LogP contribution in [-0.4, -0.2) is 17.1 Å². The topological polar surface area (TPSA) is 42.0 Å². The molecule has 3 nitrogen and oxygen atoms in total. The summed E-state index contributed by atoms with van der Waals surface area (Å²) in [6.45, 7) is 2.03. The minimum Gasteiger partial charge on any atom is -0.298 e. The molecule has 0 unspecified atom stereocenters. The second kappa shape index (κ2) is 6.50. The first kappa shape index (κ1) is 15.1. The van der Waals surface area contributed by atoms with E-state index in [9.17, 15) is 4.79 Å². The summed E-state index contributed by atoms with van der Waals surface area (Å²) < 4.78 is 1.09. The second-order valence-corrected chi connectivity index (χ2v) is 6.92. The first-order valence-electron chi connectivity index (χ1n) is 6.93. The molecule has 2 aromatic carbocycles. The molecule has 1 amide bonds. The summed E-state index contributed by atoms with van der Waals surface area (Å²) in [6, 6.07) is 13.8. The normalized spacial score (nSPS) is 10.8. The van der Waals surface area contributed by atoms with Gasteiger partial charge in [0.2, 0.25) is 0 Å². The van der Waals surface area contributed by atoms with Gasteiger partial charge in [-0.15, -0.1) is 0 Å². The molecule has 22 heavy (non-hydrogen) atoms. The lowest BCUT2D eigenvalue weighted by atomic mass is 10.1. The van der Waals surface area contributed by atoms with Crippen molar-refractivity contribution in [3.8, 4) is 0 Å². The molecule has 0 fully saturated rings. The van der Waals surface area contributed by atoms with E-state index in [0.29, 0.717) is 10.7 Å². The number of hydrogen-bond acceptors (Lipinski definition) is 4. The molecule has 0 aliphatic rings. The largest absolute Gasteiger partial charge is 0.298 e. The molecule has 0 aliphatic heterocycles. The van der Waals surface area contributed by atoms with Crippen LogP contribution in [-0.2, 0) is 5.75 Å². The van der Waals surface area contributed by atoms with E-state index in [1.165, 1.54) is 16.9 Å². The van der Waals surface area contributed by atoms with Crippen molar-refractivity contribution in [3.63, 3.8) is 0 Å². The number of thiazole rings is 1. The lowest BCUT2D eigenvalue weighted by Gasteiger charge is -2.03. The standard InChI is InChI=1S/C17H16N2OS2/c1-11-4-3-5-14-15(11)18-17(22-14)19-16(20)13-8-6-12(7-9-13)10-21-2/h3-9H,10H2,1-2H3,(H,18,19,20). The van der Waals surface area contributed by atoms with Crippen LogP contribution in [0.2, 0.25) is 0 Å². The van der Waals surface area contributed by atoms with Crippen molar-refractivity contribution in [2.45, 2.75) is 12.7 Å². The summed E-state index contributed by atoms with van der Waals surface area (Å²) in [7, 11) is 0. The van der Waals surface area contributed by atoms with Gasteiger partial charge in [0.1, 0.15) is 0 Å². The Labute approximate surface area is 137 Å². The summed E-state index contributed by atoms with van der Waals surface area (Å²) in [5.74, 6) is 0.839. The SMILES string of the molecule is CSCc1ccc(C(=O)Nc2nc3c(C)cccc3s2)cc1. The van der Waals surface area contributed by atoms with E-state index >= 15 is 0 Å². The molecule has 0 bridgehead atoms. The number of nitrogens with one attached hydrogen (secondary N) is 1. The number of amides is 1. The van der Waals surface area contributed by atoms with Crippen molar-refractivity contribution in [2.75, 3.05) is 11.6 Å². The van der Waals surface area contributed by atoms with E-state index < -0.39 is 0 Å². The third-order valence-corrected chi connectivity index (χ3v) is 4.93. The number of aromatic nitrogens is 1. The monoisotopic (exact) mass is 328 g/mol. The van der Waals surface area contributed by atoms with Gasteiger partial charge >= 0.3 is 0 Å². The van der Waals surface area contributed by atoms with E-state index in [4.69, 9.17) is 0 Å². The molecule has 1 aromatic heterocycles. The first-order valence-corrected chi connectivity index (χ1v) is 9.14. The summed E-state index contributed by atoms with van der Waals surface area (Å²) in [5.41, 5.74) is 3.95. The minimum atomic E-state index is -0.118. The number of aryl methyl sites for hydroxylation is 1. The highest BCUT2D eigenvalue weighted by Gasteiger charge is 2.10. The second-order valence-electron chi connectivity index (χ2n) is 5.02. The van der Waals surface area contributed by atoms with Crippen LogP contribution in [0.3, 0.4) is 0 Å². The van der Waals surface area contributed by atoms with Gasteiger partial charge in [-0.2, -0.15) is 11.8 Å². The zero-order valence-corrected chi connectivity index (χ0v) is 14.1. The Morgan fingerprint density at radius 1 is 1.23 bits per heavy atom. The van der Waals surface area contributed by atoms with Crippen LogP contribution in [0.5, 0.6) is 0 Å². The average Bonchev–Trinajstić information content (AvgIpc) is 2.92. The number of hydrogen-bond donors (Lipinski definition) is 1. The number of benzene rings is 2. The van der Waals surface area contributed by atoms with E-state index in [2.05, 4.69) is 16.6 Å². The van der Waals surface area contributed by atoms with Crippen LogP contribution < -0.4 is 5.32 Å². The first-order chi connectivity index (χ1) is 10.7. The maximum absolute atomic E-state index is 12.3.